The van der Waals surface area contributed by atoms with Crippen molar-refractivity contribution in [1.82, 2.24) is 24.5 Å². The van der Waals surface area contributed by atoms with Crippen LogP contribution in [-0.4, -0.2) is 44.4 Å². The van der Waals surface area contributed by atoms with Gasteiger partial charge in [0, 0.05) is 44.0 Å². The molecule has 2 aliphatic rings. The maximum Gasteiger partial charge on any atom is 0.231 e. The lowest BCUT2D eigenvalue weighted by molar-refractivity contribution is 0.173. The van der Waals surface area contributed by atoms with Crippen molar-refractivity contribution in [2.75, 3.05) is 25.2 Å². The zero-order chi connectivity index (χ0) is 22.9. The molecule has 0 radical (unpaired) electrons. The number of pyridine rings is 1. The van der Waals surface area contributed by atoms with E-state index in [1.165, 1.54) is 5.56 Å². The van der Waals surface area contributed by atoms with Crippen LogP contribution in [0.15, 0.2) is 59.5 Å². The molecule has 174 valence electrons. The number of fused-ring (bicyclic) bond motifs is 2. The second-order valence-electron chi connectivity index (χ2n) is 8.77. The van der Waals surface area contributed by atoms with Crippen molar-refractivity contribution in [2.24, 2.45) is 0 Å². The highest BCUT2D eigenvalue weighted by atomic mass is 79.9. The third kappa shape index (κ3) is 4.33. The van der Waals surface area contributed by atoms with Gasteiger partial charge in [-0.15, -0.1) is 0 Å². The molecule has 1 atom stereocenters. The molecule has 3 aromatic heterocycles. The summed E-state index contributed by atoms with van der Waals surface area (Å²) in [5.74, 6) is 2.96. The van der Waals surface area contributed by atoms with Gasteiger partial charge in [-0.2, -0.15) is 9.61 Å². The molecule has 9 heteroatoms. The second kappa shape index (κ2) is 9.23. The molecule has 0 aliphatic carbocycles. The molecule has 0 spiro atoms. The predicted octanol–water partition coefficient (Wildman–Crippen LogP) is 4.61. The number of ether oxygens (including phenoxy) is 2. The number of halogens is 1. The summed E-state index contributed by atoms with van der Waals surface area (Å²) in [5.41, 5.74) is 4.29. The minimum Gasteiger partial charge on any atom is -0.454 e. The van der Waals surface area contributed by atoms with E-state index in [4.69, 9.17) is 14.5 Å². The maximum absolute atomic E-state index is 5.56. The van der Waals surface area contributed by atoms with Gasteiger partial charge in [0.15, 0.2) is 17.1 Å². The van der Waals surface area contributed by atoms with Crippen molar-refractivity contribution >= 4 is 27.4 Å². The number of rotatable bonds is 6. The molecule has 8 nitrogen and oxygen atoms in total. The van der Waals surface area contributed by atoms with Crippen molar-refractivity contribution < 1.29 is 9.47 Å². The molecule has 6 rings (SSSR count). The molecular formula is C25H25BrN6O2. The van der Waals surface area contributed by atoms with Gasteiger partial charge in [-0.05, 0) is 64.6 Å². The summed E-state index contributed by atoms with van der Waals surface area (Å²) >= 11 is 3.62. The van der Waals surface area contributed by atoms with Crippen LogP contribution in [0.25, 0.3) is 5.65 Å². The number of hydrogen-bond donors (Lipinski definition) is 1. The third-order valence-corrected chi connectivity index (χ3v) is 6.97. The number of aromatic nitrogens is 4. The Morgan fingerprint density at radius 2 is 2.03 bits per heavy atom. The fourth-order valence-corrected chi connectivity index (χ4v) is 5.07. The first kappa shape index (κ1) is 21.4. The fourth-order valence-electron chi connectivity index (χ4n) is 4.72. The molecule has 0 bridgehead atoms. The van der Waals surface area contributed by atoms with Crippen LogP contribution in [0, 0.1) is 0 Å². The molecule has 4 aromatic rings. The lowest BCUT2D eigenvalue weighted by Crippen LogP contribution is -2.34. The normalized spacial score (nSPS) is 17.9. The van der Waals surface area contributed by atoms with Gasteiger partial charge in [0.1, 0.15) is 5.82 Å². The van der Waals surface area contributed by atoms with Gasteiger partial charge in [0.25, 0.3) is 0 Å². The molecule has 1 N–H and O–H groups in total. The van der Waals surface area contributed by atoms with Crippen LogP contribution >= 0.6 is 15.9 Å². The number of nitrogens with zero attached hydrogens (tertiary/aromatic N) is 5. The van der Waals surface area contributed by atoms with Gasteiger partial charge in [-0.3, -0.25) is 9.88 Å². The quantitative estimate of drug-likeness (QED) is 0.397. The number of anilines is 1. The average molecular weight is 521 g/mol. The Morgan fingerprint density at radius 3 is 2.94 bits per heavy atom. The average Bonchev–Trinajstić information content (AvgIpc) is 3.49. The van der Waals surface area contributed by atoms with E-state index in [1.54, 1.807) is 12.4 Å². The number of hydrogen-bond acceptors (Lipinski definition) is 7. The summed E-state index contributed by atoms with van der Waals surface area (Å²) in [5, 5.41) is 8.04. The van der Waals surface area contributed by atoms with E-state index in [0.717, 1.165) is 71.2 Å². The summed E-state index contributed by atoms with van der Waals surface area (Å²) in [6.45, 7) is 3.91. The summed E-state index contributed by atoms with van der Waals surface area (Å²) in [6, 6.07) is 12.4. The Balaban J connectivity index is 1.22. The smallest absolute Gasteiger partial charge is 0.231 e. The van der Waals surface area contributed by atoms with Gasteiger partial charge < -0.3 is 14.8 Å². The van der Waals surface area contributed by atoms with E-state index in [2.05, 4.69) is 60.5 Å². The molecule has 1 unspecified atom stereocenters. The lowest BCUT2D eigenvalue weighted by Gasteiger charge is -2.32. The Labute approximate surface area is 206 Å². The van der Waals surface area contributed by atoms with Crippen LogP contribution in [0.1, 0.15) is 35.6 Å². The Hall–Kier alpha value is -3.17. The highest BCUT2D eigenvalue weighted by Gasteiger charge is 2.25. The first-order valence-electron chi connectivity index (χ1n) is 11.5. The van der Waals surface area contributed by atoms with Crippen molar-refractivity contribution in [3.63, 3.8) is 0 Å². The van der Waals surface area contributed by atoms with Crippen LogP contribution in [0.5, 0.6) is 11.5 Å². The standard InChI is InChI=1S/C25H25BrN6O2/c26-20-13-29-32-24(28-12-18-3-1-7-27-11-18)10-21(30-25(20)32)19-4-2-8-31(15-19)14-17-5-6-22-23(9-17)34-16-33-22/h1,3,5-7,9-11,13,19,28H,2,4,8,12,14-16H2. The highest BCUT2D eigenvalue weighted by Crippen LogP contribution is 2.34. The number of likely N-dealkylation sites (tertiary alicyclic amines) is 1. The molecule has 0 saturated carbocycles. The minimum atomic E-state index is 0.306. The topological polar surface area (TPSA) is 76.8 Å². The molecule has 5 heterocycles. The molecule has 1 fully saturated rings. The molecule has 2 aliphatic heterocycles. The Morgan fingerprint density at radius 1 is 1.09 bits per heavy atom. The van der Waals surface area contributed by atoms with Crippen LogP contribution in [0.4, 0.5) is 5.82 Å². The van der Waals surface area contributed by atoms with Crippen molar-refractivity contribution in [3.8, 4) is 11.5 Å². The fraction of sp³-hybridized carbons (Fsp3) is 0.320. The second-order valence-corrected chi connectivity index (χ2v) is 9.63. The predicted molar refractivity (Wildman–Crippen MR) is 132 cm³/mol. The summed E-state index contributed by atoms with van der Waals surface area (Å²) < 4.78 is 13.8. The van der Waals surface area contributed by atoms with Gasteiger partial charge in [0.05, 0.1) is 16.4 Å². The molecule has 0 amide bonds. The van der Waals surface area contributed by atoms with E-state index < -0.39 is 0 Å². The van der Waals surface area contributed by atoms with Gasteiger partial charge >= 0.3 is 0 Å². The molecule has 34 heavy (non-hydrogen) atoms. The maximum atomic E-state index is 5.56. The SMILES string of the molecule is Brc1cnn2c(NCc3cccnc3)cc(C3CCCN(Cc4ccc5c(c4)OCO5)C3)nc12. The van der Waals surface area contributed by atoms with E-state index in [0.29, 0.717) is 19.3 Å². The largest absolute Gasteiger partial charge is 0.454 e. The number of nitrogens with one attached hydrogen (secondary N) is 1. The van der Waals surface area contributed by atoms with Crippen molar-refractivity contribution in [1.29, 1.82) is 0 Å². The van der Waals surface area contributed by atoms with Crippen LogP contribution in [0.3, 0.4) is 0 Å². The van der Waals surface area contributed by atoms with E-state index in [1.807, 2.05) is 22.8 Å². The van der Waals surface area contributed by atoms with E-state index >= 15 is 0 Å². The molecule has 1 aromatic carbocycles. The molecule has 1 saturated heterocycles. The summed E-state index contributed by atoms with van der Waals surface area (Å²) in [6.07, 6.45) is 7.72. The summed E-state index contributed by atoms with van der Waals surface area (Å²) in [4.78, 5) is 11.7. The van der Waals surface area contributed by atoms with Gasteiger partial charge in [0.2, 0.25) is 6.79 Å². The third-order valence-electron chi connectivity index (χ3n) is 6.41. The van der Waals surface area contributed by atoms with Crippen LogP contribution < -0.4 is 14.8 Å². The Bertz CT molecular complexity index is 1310. The van der Waals surface area contributed by atoms with Crippen molar-refractivity contribution in [2.45, 2.75) is 31.8 Å². The van der Waals surface area contributed by atoms with E-state index in [-0.39, 0.29) is 0 Å². The number of benzene rings is 1. The van der Waals surface area contributed by atoms with Crippen LogP contribution in [-0.2, 0) is 13.1 Å². The minimum absolute atomic E-state index is 0.306. The lowest BCUT2D eigenvalue weighted by atomic mass is 9.94. The van der Waals surface area contributed by atoms with Crippen LogP contribution in [0.2, 0.25) is 0 Å². The first-order chi connectivity index (χ1) is 16.7. The monoisotopic (exact) mass is 520 g/mol. The zero-order valence-electron chi connectivity index (χ0n) is 18.7. The number of piperidine rings is 1. The first-order valence-corrected chi connectivity index (χ1v) is 12.3. The summed E-state index contributed by atoms with van der Waals surface area (Å²) in [7, 11) is 0. The van der Waals surface area contributed by atoms with Gasteiger partial charge in [-0.1, -0.05) is 12.1 Å². The van der Waals surface area contributed by atoms with Crippen molar-refractivity contribution in [3.05, 3.63) is 76.3 Å². The highest BCUT2D eigenvalue weighted by molar-refractivity contribution is 9.10. The van der Waals surface area contributed by atoms with E-state index in [9.17, 15) is 0 Å². The Kier molecular flexibility index (Phi) is 5.80. The zero-order valence-corrected chi connectivity index (χ0v) is 20.2. The van der Waals surface area contributed by atoms with Gasteiger partial charge in [-0.25, -0.2) is 4.98 Å². The molecular weight excluding hydrogens is 496 g/mol.